The van der Waals surface area contributed by atoms with Gasteiger partial charge >= 0.3 is 0 Å². The number of hydrogen-bond donors (Lipinski definition) is 4. The highest BCUT2D eigenvalue weighted by molar-refractivity contribution is 6.45. The first-order valence-corrected chi connectivity index (χ1v) is 12.1. The Kier molecular flexibility index (Phi) is 9.34. The number of carbonyl (C=O) groups excluding carboxylic acids is 1. The van der Waals surface area contributed by atoms with Gasteiger partial charge in [-0.2, -0.15) is 0 Å². The van der Waals surface area contributed by atoms with Crippen molar-refractivity contribution < 1.29 is 34.7 Å². The summed E-state index contributed by atoms with van der Waals surface area (Å²) in [5.41, 5.74) is 1.41. The van der Waals surface area contributed by atoms with Crippen LogP contribution in [0.1, 0.15) is 42.1 Å². The Morgan fingerprint density at radius 1 is 1.20 bits per heavy atom. The minimum Gasteiger partial charge on any atom is -0.492 e. The van der Waals surface area contributed by atoms with Gasteiger partial charge in [-0.15, -0.1) is 0 Å². The summed E-state index contributed by atoms with van der Waals surface area (Å²) in [6, 6.07) is 12.1. The third-order valence-corrected chi connectivity index (χ3v) is 6.89. The van der Waals surface area contributed by atoms with E-state index in [4.69, 9.17) is 32.7 Å². The number of hydrogen-bond acceptors (Lipinski definition) is 7. The molecule has 1 heterocycles. The molecule has 9 heteroatoms. The fraction of sp³-hybridized carbons (Fsp3) is 0.423. The first kappa shape index (κ1) is 27.6. The lowest BCUT2D eigenvalue weighted by Gasteiger charge is -2.44. The molecule has 0 saturated carbocycles. The van der Waals surface area contributed by atoms with Crippen LogP contribution in [0.2, 0.25) is 10.0 Å². The number of rotatable bonds is 10. The second-order valence-electron chi connectivity index (χ2n) is 8.68. The number of benzene rings is 2. The number of ether oxygens (including phenoxy) is 2. The first-order chi connectivity index (χ1) is 16.6. The Balaban J connectivity index is 1.63. The van der Waals surface area contributed by atoms with Gasteiger partial charge < -0.3 is 29.9 Å². The van der Waals surface area contributed by atoms with Gasteiger partial charge in [0.05, 0.1) is 23.8 Å². The van der Waals surface area contributed by atoms with Crippen molar-refractivity contribution >= 4 is 29.0 Å². The second-order valence-corrected chi connectivity index (χ2v) is 9.44. The molecule has 1 aliphatic rings. The van der Waals surface area contributed by atoms with Crippen molar-refractivity contribution in [2.45, 2.75) is 62.8 Å². The lowest BCUT2D eigenvalue weighted by atomic mass is 9.89. The third kappa shape index (κ3) is 6.62. The van der Waals surface area contributed by atoms with Crippen molar-refractivity contribution in [3.8, 4) is 5.75 Å². The Hall–Kier alpha value is -1.97. The Labute approximate surface area is 214 Å². The molecule has 7 nitrogen and oxygen atoms in total. The van der Waals surface area contributed by atoms with Gasteiger partial charge in [0.1, 0.15) is 23.0 Å². The molecule has 2 aromatic carbocycles. The van der Waals surface area contributed by atoms with E-state index in [1.54, 1.807) is 0 Å². The molecule has 1 saturated heterocycles. The van der Waals surface area contributed by atoms with Gasteiger partial charge in [-0.3, -0.25) is 4.79 Å². The molecule has 0 aromatic heterocycles. The number of carbonyl (C=O) groups is 1. The molecule has 2 aromatic rings. The minimum atomic E-state index is -1.76. The van der Waals surface area contributed by atoms with E-state index < -0.39 is 30.2 Å². The smallest absolute Gasteiger partial charge is 0.189 e. The van der Waals surface area contributed by atoms with E-state index in [1.165, 1.54) is 12.1 Å². The first-order valence-electron chi connectivity index (χ1n) is 11.4. The number of aliphatic hydroxyl groups is 4. The number of Topliss-reactive ketones (excluding diaryl/α,β-unsaturated/α-hetero) is 1. The average Bonchev–Trinajstić information content (AvgIpc) is 2.83. The number of ketones is 1. The molecule has 5 atom stereocenters. The zero-order valence-electron chi connectivity index (χ0n) is 19.4. The molecule has 0 bridgehead atoms. The molecule has 4 N–H and O–H groups in total. The van der Waals surface area contributed by atoms with Gasteiger partial charge in [0.25, 0.3) is 0 Å². The second kappa shape index (κ2) is 11.8. The zero-order chi connectivity index (χ0) is 25.8. The van der Waals surface area contributed by atoms with Crippen LogP contribution < -0.4 is 4.74 Å². The minimum absolute atomic E-state index is 0.00284. The Bertz CT molecular complexity index is 1050. The highest BCUT2D eigenvalue weighted by Gasteiger charge is 2.47. The predicted molar refractivity (Wildman–Crippen MR) is 133 cm³/mol. The largest absolute Gasteiger partial charge is 0.492 e. The molecule has 190 valence electrons. The highest BCUT2D eigenvalue weighted by Crippen LogP contribution is 2.36. The van der Waals surface area contributed by atoms with Crippen molar-refractivity contribution in [2.24, 2.45) is 0 Å². The predicted octanol–water partition coefficient (Wildman–Crippen LogP) is 3.71. The SMILES string of the molecule is C=C(CC)C(=O)c1ccc(OCCC(O)[C@H]2O[C@](O)(Cc3ccccc3)C[C@@H](O)[C@@H]2O)c(Cl)c1Cl. The molecular weight excluding hydrogens is 495 g/mol. The molecule has 3 rings (SSSR count). The van der Waals surface area contributed by atoms with Crippen LogP contribution >= 0.6 is 23.2 Å². The van der Waals surface area contributed by atoms with Gasteiger partial charge in [0.15, 0.2) is 11.6 Å². The quantitative estimate of drug-likeness (QED) is 0.276. The van der Waals surface area contributed by atoms with Crippen LogP contribution in [0.15, 0.2) is 54.6 Å². The van der Waals surface area contributed by atoms with Crippen LogP contribution in [0.4, 0.5) is 0 Å². The average molecular weight is 525 g/mol. The van der Waals surface area contributed by atoms with E-state index in [-0.39, 0.29) is 53.0 Å². The maximum atomic E-state index is 12.4. The lowest BCUT2D eigenvalue weighted by Crippen LogP contribution is -2.59. The summed E-state index contributed by atoms with van der Waals surface area (Å²) < 4.78 is 11.3. The van der Waals surface area contributed by atoms with Gasteiger partial charge in [-0.25, -0.2) is 0 Å². The van der Waals surface area contributed by atoms with Crippen LogP contribution in [0, 0.1) is 0 Å². The van der Waals surface area contributed by atoms with Crippen molar-refractivity contribution in [3.63, 3.8) is 0 Å². The van der Waals surface area contributed by atoms with Gasteiger partial charge in [-0.1, -0.05) is 67.0 Å². The molecule has 1 aliphatic heterocycles. The number of halogens is 2. The summed E-state index contributed by atoms with van der Waals surface area (Å²) in [5.74, 6) is -1.84. The normalized spacial score (nSPS) is 25.2. The number of allylic oxidation sites excluding steroid dienone is 1. The van der Waals surface area contributed by atoms with Crippen molar-refractivity contribution in [1.29, 1.82) is 0 Å². The molecule has 1 unspecified atom stereocenters. The summed E-state index contributed by atoms with van der Waals surface area (Å²) in [6.45, 7) is 5.50. The van der Waals surface area contributed by atoms with Crippen molar-refractivity contribution in [3.05, 3.63) is 75.8 Å². The Morgan fingerprint density at radius 2 is 1.89 bits per heavy atom. The van der Waals surface area contributed by atoms with Gasteiger partial charge in [0.2, 0.25) is 0 Å². The van der Waals surface area contributed by atoms with Crippen molar-refractivity contribution in [2.75, 3.05) is 6.61 Å². The summed E-state index contributed by atoms with van der Waals surface area (Å²) in [6.07, 6.45) is -4.82. The molecular formula is C26H30Cl2O7. The van der Waals surface area contributed by atoms with E-state index in [2.05, 4.69) is 6.58 Å². The third-order valence-electron chi connectivity index (χ3n) is 6.03. The zero-order valence-corrected chi connectivity index (χ0v) is 20.9. The van der Waals surface area contributed by atoms with E-state index in [0.717, 1.165) is 5.56 Å². The van der Waals surface area contributed by atoms with Crippen LogP contribution in [-0.2, 0) is 11.2 Å². The lowest BCUT2D eigenvalue weighted by molar-refractivity contribution is -0.314. The van der Waals surface area contributed by atoms with Crippen LogP contribution in [0.25, 0.3) is 0 Å². The van der Waals surface area contributed by atoms with E-state index in [1.807, 2.05) is 37.3 Å². The molecule has 0 spiro atoms. The fourth-order valence-electron chi connectivity index (χ4n) is 4.00. The van der Waals surface area contributed by atoms with Crippen LogP contribution in [-0.4, -0.2) is 63.0 Å². The summed E-state index contributed by atoms with van der Waals surface area (Å²) in [7, 11) is 0. The summed E-state index contributed by atoms with van der Waals surface area (Å²) in [4.78, 5) is 12.4. The summed E-state index contributed by atoms with van der Waals surface area (Å²) >= 11 is 12.5. The van der Waals surface area contributed by atoms with E-state index in [9.17, 15) is 25.2 Å². The monoisotopic (exact) mass is 524 g/mol. The maximum Gasteiger partial charge on any atom is 0.189 e. The van der Waals surface area contributed by atoms with Gasteiger partial charge in [0, 0.05) is 24.8 Å². The number of aliphatic hydroxyl groups excluding tert-OH is 3. The Morgan fingerprint density at radius 3 is 2.54 bits per heavy atom. The molecule has 35 heavy (non-hydrogen) atoms. The fourth-order valence-corrected chi connectivity index (χ4v) is 4.46. The van der Waals surface area contributed by atoms with Crippen molar-refractivity contribution in [1.82, 2.24) is 0 Å². The van der Waals surface area contributed by atoms with Crippen LogP contribution in [0.5, 0.6) is 5.75 Å². The molecule has 0 aliphatic carbocycles. The van der Waals surface area contributed by atoms with Crippen LogP contribution in [0.3, 0.4) is 0 Å². The molecule has 0 radical (unpaired) electrons. The molecule has 1 fully saturated rings. The van der Waals surface area contributed by atoms with Gasteiger partial charge in [-0.05, 0) is 29.7 Å². The van der Waals surface area contributed by atoms with E-state index in [0.29, 0.717) is 12.0 Å². The van der Waals surface area contributed by atoms with E-state index >= 15 is 0 Å². The molecule has 0 amide bonds. The topological polar surface area (TPSA) is 116 Å². The summed E-state index contributed by atoms with van der Waals surface area (Å²) in [5, 5.41) is 42.4. The maximum absolute atomic E-state index is 12.4. The standard InChI is InChI=1S/C26H30Cl2O7/c1-3-15(2)23(31)17-9-10-20(22(28)21(17)27)34-12-11-18(29)25-24(32)19(30)14-26(33,35-25)13-16-7-5-4-6-8-16/h4-10,18-19,24-25,29-30,32-33H,2-3,11-14H2,1H3/t18?,19-,24+,25-,26-/m1/s1. The highest BCUT2D eigenvalue weighted by atomic mass is 35.5.